The molecule has 0 unspecified atom stereocenters. The van der Waals surface area contributed by atoms with Crippen LogP contribution < -0.4 is 20.9 Å². The summed E-state index contributed by atoms with van der Waals surface area (Å²) in [5.74, 6) is -1.79. The Kier molecular flexibility index (Phi) is 7.95. The Morgan fingerprint density at radius 2 is 1.47 bits per heavy atom. The SMILES string of the molecule is Cc1c(NC(=O)c2cccc(NC(=O)c3ccccc3NS(=O)(=O)c3ccc(F)cc3)c2)c(=O)n(-c2ccccc2)n1C. The van der Waals surface area contributed by atoms with Crippen LogP contribution in [-0.4, -0.2) is 29.6 Å². The molecular formula is C31H26FN5O5S. The fourth-order valence-corrected chi connectivity index (χ4v) is 5.50. The summed E-state index contributed by atoms with van der Waals surface area (Å²) in [5.41, 5.74) is 1.38. The molecule has 4 aromatic carbocycles. The number of hydrogen-bond donors (Lipinski definition) is 3. The molecule has 12 heteroatoms. The van der Waals surface area contributed by atoms with E-state index in [0.29, 0.717) is 11.4 Å². The van der Waals surface area contributed by atoms with Gasteiger partial charge in [-0.15, -0.1) is 0 Å². The first-order chi connectivity index (χ1) is 20.5. The molecule has 3 N–H and O–H groups in total. The molecule has 5 rings (SSSR count). The number of sulfonamides is 1. The number of para-hydroxylation sites is 2. The molecule has 0 bridgehead atoms. The quantitative estimate of drug-likeness (QED) is 0.233. The lowest BCUT2D eigenvalue weighted by Gasteiger charge is -2.13. The molecule has 10 nitrogen and oxygen atoms in total. The Labute approximate surface area is 246 Å². The number of amides is 2. The average Bonchev–Trinajstić information content (AvgIpc) is 3.20. The molecule has 0 spiro atoms. The smallest absolute Gasteiger partial charge is 0.295 e. The summed E-state index contributed by atoms with van der Waals surface area (Å²) in [6, 6.07) is 25.4. The average molecular weight is 600 g/mol. The number of halogens is 1. The maximum absolute atomic E-state index is 13.3. The predicted molar refractivity (Wildman–Crippen MR) is 162 cm³/mol. The second-order valence-electron chi connectivity index (χ2n) is 9.53. The fourth-order valence-electron chi connectivity index (χ4n) is 4.42. The van der Waals surface area contributed by atoms with Gasteiger partial charge in [0.05, 0.1) is 27.5 Å². The Bertz CT molecular complexity index is 2000. The Balaban J connectivity index is 1.35. The summed E-state index contributed by atoms with van der Waals surface area (Å²) < 4.78 is 44.4. The summed E-state index contributed by atoms with van der Waals surface area (Å²) in [7, 11) is -2.40. The number of carbonyl (C=O) groups excluding carboxylic acids is 2. The van der Waals surface area contributed by atoms with E-state index in [4.69, 9.17) is 0 Å². The number of benzene rings is 4. The van der Waals surface area contributed by atoms with Gasteiger partial charge in [-0.05, 0) is 73.7 Å². The molecule has 0 aliphatic carbocycles. The minimum atomic E-state index is -4.11. The summed E-state index contributed by atoms with van der Waals surface area (Å²) in [5, 5.41) is 5.36. The molecule has 1 aromatic heterocycles. The van der Waals surface area contributed by atoms with Crippen LogP contribution in [0.4, 0.5) is 21.5 Å². The number of anilines is 3. The molecule has 0 saturated carbocycles. The molecule has 0 saturated heterocycles. The molecule has 2 amide bonds. The van der Waals surface area contributed by atoms with Crippen LogP contribution in [0.1, 0.15) is 26.4 Å². The van der Waals surface area contributed by atoms with E-state index in [2.05, 4.69) is 15.4 Å². The predicted octanol–water partition coefficient (Wildman–Crippen LogP) is 4.93. The normalized spacial score (nSPS) is 11.1. The highest BCUT2D eigenvalue weighted by molar-refractivity contribution is 7.92. The van der Waals surface area contributed by atoms with Crippen LogP contribution in [0.3, 0.4) is 0 Å². The van der Waals surface area contributed by atoms with E-state index in [1.54, 1.807) is 67.2 Å². The van der Waals surface area contributed by atoms with Crippen LogP contribution in [0, 0.1) is 12.7 Å². The van der Waals surface area contributed by atoms with E-state index in [-0.39, 0.29) is 33.1 Å². The molecule has 0 atom stereocenters. The van der Waals surface area contributed by atoms with Gasteiger partial charge in [0.25, 0.3) is 27.4 Å². The van der Waals surface area contributed by atoms with Gasteiger partial charge in [0.1, 0.15) is 11.5 Å². The van der Waals surface area contributed by atoms with E-state index in [1.165, 1.54) is 28.9 Å². The molecular weight excluding hydrogens is 573 g/mol. The first-order valence-electron chi connectivity index (χ1n) is 13.0. The lowest BCUT2D eigenvalue weighted by atomic mass is 10.1. The van der Waals surface area contributed by atoms with Crippen molar-refractivity contribution in [1.29, 1.82) is 0 Å². The molecule has 43 heavy (non-hydrogen) atoms. The summed E-state index contributed by atoms with van der Waals surface area (Å²) in [6.45, 7) is 1.72. The fraction of sp³-hybridized carbons (Fsp3) is 0.0645. The topological polar surface area (TPSA) is 131 Å². The highest BCUT2D eigenvalue weighted by Gasteiger charge is 2.21. The highest BCUT2D eigenvalue weighted by atomic mass is 32.2. The standard InChI is InChI=1S/C31H26FN5O5S/c1-20-28(31(40)37(36(20)2)24-11-4-3-5-12-24)34-29(38)21-9-8-10-23(19-21)33-30(39)26-13-6-7-14-27(26)35-43(41,42)25-17-15-22(32)16-18-25/h3-19,35H,1-2H3,(H,33,39)(H,34,38). The van der Waals surface area contributed by atoms with Gasteiger partial charge in [-0.1, -0.05) is 36.4 Å². The molecule has 218 valence electrons. The van der Waals surface area contributed by atoms with Crippen LogP contribution in [0.5, 0.6) is 0 Å². The molecule has 5 aromatic rings. The lowest BCUT2D eigenvalue weighted by molar-refractivity contribution is 0.101. The maximum Gasteiger partial charge on any atom is 0.295 e. The Hall–Kier alpha value is -5.49. The molecule has 0 fully saturated rings. The first kappa shape index (κ1) is 29.0. The van der Waals surface area contributed by atoms with Crippen molar-refractivity contribution in [3.8, 4) is 5.69 Å². The van der Waals surface area contributed by atoms with Gasteiger partial charge in [0.15, 0.2) is 0 Å². The highest BCUT2D eigenvalue weighted by Crippen LogP contribution is 2.23. The third kappa shape index (κ3) is 6.09. The van der Waals surface area contributed by atoms with E-state index < -0.39 is 33.2 Å². The second-order valence-corrected chi connectivity index (χ2v) is 11.2. The van der Waals surface area contributed by atoms with Gasteiger partial charge in [0, 0.05) is 18.3 Å². The summed E-state index contributed by atoms with van der Waals surface area (Å²) in [6.07, 6.45) is 0. The van der Waals surface area contributed by atoms with Gasteiger partial charge in [-0.2, -0.15) is 0 Å². The summed E-state index contributed by atoms with van der Waals surface area (Å²) in [4.78, 5) is 39.4. The van der Waals surface area contributed by atoms with Gasteiger partial charge in [-0.25, -0.2) is 17.5 Å². The number of carbonyl (C=O) groups is 2. The van der Waals surface area contributed by atoms with Gasteiger partial charge >= 0.3 is 0 Å². The number of nitrogens with zero attached hydrogens (tertiary/aromatic N) is 2. The Morgan fingerprint density at radius 1 is 0.791 bits per heavy atom. The number of aromatic nitrogens is 2. The second kappa shape index (κ2) is 11.8. The number of nitrogens with one attached hydrogen (secondary N) is 3. The third-order valence-corrected chi connectivity index (χ3v) is 8.10. The molecule has 0 radical (unpaired) electrons. The summed E-state index contributed by atoms with van der Waals surface area (Å²) >= 11 is 0. The zero-order valence-corrected chi connectivity index (χ0v) is 23.9. The lowest BCUT2D eigenvalue weighted by Crippen LogP contribution is -2.23. The van der Waals surface area contributed by atoms with Gasteiger partial charge in [0.2, 0.25) is 0 Å². The van der Waals surface area contributed by atoms with E-state index in [9.17, 15) is 27.2 Å². The molecule has 0 aliphatic rings. The van der Waals surface area contributed by atoms with E-state index in [0.717, 1.165) is 24.3 Å². The van der Waals surface area contributed by atoms with Crippen LogP contribution in [0.15, 0.2) is 113 Å². The largest absolute Gasteiger partial charge is 0.322 e. The van der Waals surface area contributed by atoms with Crippen molar-refractivity contribution in [2.24, 2.45) is 7.05 Å². The number of rotatable bonds is 8. The maximum atomic E-state index is 13.3. The third-order valence-electron chi connectivity index (χ3n) is 6.72. The molecule has 0 aliphatic heterocycles. The van der Waals surface area contributed by atoms with Crippen molar-refractivity contribution in [2.45, 2.75) is 11.8 Å². The van der Waals surface area contributed by atoms with Crippen molar-refractivity contribution in [1.82, 2.24) is 9.36 Å². The van der Waals surface area contributed by atoms with E-state index in [1.807, 2.05) is 6.07 Å². The van der Waals surface area contributed by atoms with Crippen LogP contribution >= 0.6 is 0 Å². The van der Waals surface area contributed by atoms with Gasteiger partial charge in [-0.3, -0.25) is 23.8 Å². The van der Waals surface area contributed by atoms with Crippen LogP contribution in [-0.2, 0) is 17.1 Å². The van der Waals surface area contributed by atoms with Crippen LogP contribution in [0.2, 0.25) is 0 Å². The first-order valence-corrected chi connectivity index (χ1v) is 14.5. The number of hydrogen-bond acceptors (Lipinski definition) is 5. The Morgan fingerprint density at radius 3 is 2.19 bits per heavy atom. The minimum absolute atomic E-state index is 0.00692. The van der Waals surface area contributed by atoms with Crippen molar-refractivity contribution < 1.29 is 22.4 Å². The van der Waals surface area contributed by atoms with Crippen molar-refractivity contribution in [2.75, 3.05) is 15.4 Å². The zero-order valence-electron chi connectivity index (χ0n) is 23.0. The van der Waals surface area contributed by atoms with Crippen molar-refractivity contribution >= 4 is 38.9 Å². The van der Waals surface area contributed by atoms with E-state index >= 15 is 0 Å². The van der Waals surface area contributed by atoms with Gasteiger partial charge < -0.3 is 10.6 Å². The molecule has 1 heterocycles. The zero-order chi connectivity index (χ0) is 30.7. The monoisotopic (exact) mass is 599 g/mol. The minimum Gasteiger partial charge on any atom is -0.322 e. The van der Waals surface area contributed by atoms with Crippen molar-refractivity contribution in [3.63, 3.8) is 0 Å². The van der Waals surface area contributed by atoms with Crippen molar-refractivity contribution in [3.05, 3.63) is 136 Å². The van der Waals surface area contributed by atoms with Crippen LogP contribution in [0.25, 0.3) is 5.69 Å².